The third kappa shape index (κ3) is 2.66. The molecule has 0 aliphatic carbocycles. The summed E-state index contributed by atoms with van der Waals surface area (Å²) in [5.41, 5.74) is -0.522. The van der Waals surface area contributed by atoms with Gasteiger partial charge in [0.15, 0.2) is 0 Å². The molecule has 1 unspecified atom stereocenters. The van der Waals surface area contributed by atoms with Crippen molar-refractivity contribution >= 4 is 17.3 Å². The molecule has 1 atom stereocenters. The molecule has 2 rings (SSSR count). The molecule has 1 fully saturated rings. The van der Waals surface area contributed by atoms with Gasteiger partial charge in [-0.3, -0.25) is 9.69 Å². The third-order valence-corrected chi connectivity index (χ3v) is 4.22. The molecular weight excluding hydrogens is 236 g/mol. The van der Waals surface area contributed by atoms with Crippen LogP contribution in [0.1, 0.15) is 31.2 Å². The van der Waals surface area contributed by atoms with Crippen molar-refractivity contribution in [2.75, 3.05) is 13.1 Å². The molecular formula is C12H18N2O2S. The zero-order chi connectivity index (χ0) is 12.3. The highest BCUT2D eigenvalue weighted by Gasteiger charge is 2.43. The minimum atomic E-state index is -0.638. The summed E-state index contributed by atoms with van der Waals surface area (Å²) in [6.45, 7) is 4.37. The molecule has 0 bridgehead atoms. The van der Waals surface area contributed by atoms with Gasteiger partial charge in [0.25, 0.3) is 0 Å². The summed E-state index contributed by atoms with van der Waals surface area (Å²) in [5.74, 6) is -0.638. The quantitative estimate of drug-likeness (QED) is 0.875. The summed E-state index contributed by atoms with van der Waals surface area (Å²) < 4.78 is 0. The first-order chi connectivity index (χ1) is 8.16. The largest absolute Gasteiger partial charge is 0.481 e. The summed E-state index contributed by atoms with van der Waals surface area (Å²) in [6.07, 6.45) is 4.27. The van der Waals surface area contributed by atoms with E-state index in [9.17, 15) is 9.90 Å². The molecule has 1 saturated heterocycles. The topological polar surface area (TPSA) is 53.4 Å². The first kappa shape index (κ1) is 12.5. The first-order valence-electron chi connectivity index (χ1n) is 6.00. The Morgan fingerprint density at radius 2 is 2.53 bits per heavy atom. The van der Waals surface area contributed by atoms with Crippen LogP contribution in [0, 0.1) is 5.41 Å². The molecule has 1 N–H and O–H groups in total. The lowest BCUT2D eigenvalue weighted by Crippen LogP contribution is -2.34. The van der Waals surface area contributed by atoms with Gasteiger partial charge in [-0.15, -0.1) is 11.3 Å². The fraction of sp³-hybridized carbons (Fsp3) is 0.667. The van der Waals surface area contributed by atoms with Crippen molar-refractivity contribution in [3.8, 4) is 0 Å². The molecule has 1 aromatic rings. The Morgan fingerprint density at radius 1 is 1.71 bits per heavy atom. The van der Waals surface area contributed by atoms with Crippen molar-refractivity contribution in [2.24, 2.45) is 5.41 Å². The van der Waals surface area contributed by atoms with Gasteiger partial charge in [-0.1, -0.05) is 13.3 Å². The maximum absolute atomic E-state index is 11.4. The van der Waals surface area contributed by atoms with E-state index < -0.39 is 11.4 Å². The zero-order valence-electron chi connectivity index (χ0n) is 10.1. The van der Waals surface area contributed by atoms with Crippen LogP contribution in [0.3, 0.4) is 0 Å². The lowest BCUT2D eigenvalue weighted by molar-refractivity contribution is -0.148. The second-order valence-corrected chi connectivity index (χ2v) is 5.70. The molecule has 94 valence electrons. The number of nitrogens with zero attached hydrogens (tertiary/aromatic N) is 2. The summed E-state index contributed by atoms with van der Waals surface area (Å²) in [5, 5.41) is 12.4. The van der Waals surface area contributed by atoms with Crippen molar-refractivity contribution in [2.45, 2.75) is 32.7 Å². The third-order valence-electron chi connectivity index (χ3n) is 3.46. The molecule has 4 nitrogen and oxygen atoms in total. The second kappa shape index (κ2) is 5.14. The normalized spacial score (nSPS) is 25.2. The summed E-state index contributed by atoms with van der Waals surface area (Å²) in [6, 6.07) is 0. The van der Waals surface area contributed by atoms with Crippen molar-refractivity contribution < 1.29 is 9.90 Å². The average molecular weight is 254 g/mol. The van der Waals surface area contributed by atoms with Gasteiger partial charge in [0.05, 0.1) is 12.0 Å². The summed E-state index contributed by atoms with van der Waals surface area (Å²) in [7, 11) is 0. The summed E-state index contributed by atoms with van der Waals surface area (Å²) in [4.78, 5) is 17.9. The number of hydrogen-bond donors (Lipinski definition) is 1. The van der Waals surface area contributed by atoms with E-state index in [0.29, 0.717) is 6.54 Å². The molecule has 2 heterocycles. The molecule has 0 spiro atoms. The fourth-order valence-electron chi connectivity index (χ4n) is 2.58. The van der Waals surface area contributed by atoms with Crippen molar-refractivity contribution in [3.05, 3.63) is 16.6 Å². The van der Waals surface area contributed by atoms with E-state index in [1.165, 1.54) is 0 Å². The van der Waals surface area contributed by atoms with Gasteiger partial charge in [0.2, 0.25) is 0 Å². The van der Waals surface area contributed by atoms with Crippen LogP contribution in [0.2, 0.25) is 0 Å². The van der Waals surface area contributed by atoms with Crippen molar-refractivity contribution in [3.63, 3.8) is 0 Å². The first-order valence-corrected chi connectivity index (χ1v) is 6.88. The number of hydrogen-bond acceptors (Lipinski definition) is 4. The highest BCUT2D eigenvalue weighted by Crippen LogP contribution is 2.36. The highest BCUT2D eigenvalue weighted by atomic mass is 32.1. The van der Waals surface area contributed by atoms with Gasteiger partial charge in [-0.2, -0.15) is 0 Å². The molecule has 1 aliphatic rings. The Kier molecular flexibility index (Phi) is 3.79. The van der Waals surface area contributed by atoms with Crippen LogP contribution in [0.5, 0.6) is 0 Å². The van der Waals surface area contributed by atoms with E-state index in [0.717, 1.165) is 37.4 Å². The van der Waals surface area contributed by atoms with E-state index in [-0.39, 0.29) is 0 Å². The maximum atomic E-state index is 11.4. The molecule has 0 amide bonds. The lowest BCUT2D eigenvalue weighted by atomic mass is 9.83. The Bertz CT molecular complexity index is 380. The Balaban J connectivity index is 1.99. The van der Waals surface area contributed by atoms with E-state index in [2.05, 4.69) is 9.88 Å². The van der Waals surface area contributed by atoms with Gasteiger partial charge in [0.1, 0.15) is 5.01 Å². The van der Waals surface area contributed by atoms with E-state index in [4.69, 9.17) is 0 Å². The fourth-order valence-corrected chi connectivity index (χ4v) is 3.24. The van der Waals surface area contributed by atoms with E-state index in [1.807, 2.05) is 12.3 Å². The number of aliphatic carboxylic acids is 1. The molecule has 1 aliphatic heterocycles. The molecule has 0 aromatic carbocycles. The minimum absolute atomic E-state index is 0.522. The number of carbonyl (C=O) groups is 1. The van der Waals surface area contributed by atoms with Crippen LogP contribution in [0.4, 0.5) is 0 Å². The minimum Gasteiger partial charge on any atom is -0.481 e. The van der Waals surface area contributed by atoms with Crippen LogP contribution in [0.25, 0.3) is 0 Å². The number of thiazole rings is 1. The van der Waals surface area contributed by atoms with E-state index in [1.54, 1.807) is 17.5 Å². The Labute approximate surface area is 105 Å². The van der Waals surface area contributed by atoms with Crippen LogP contribution in [-0.4, -0.2) is 34.0 Å². The van der Waals surface area contributed by atoms with Crippen molar-refractivity contribution in [1.82, 2.24) is 9.88 Å². The van der Waals surface area contributed by atoms with Gasteiger partial charge in [-0.05, 0) is 19.4 Å². The SMILES string of the molecule is CCCC1(C(=O)O)CCN(Cc2nccs2)C1. The number of aromatic nitrogens is 1. The number of rotatable bonds is 5. The van der Waals surface area contributed by atoms with Crippen LogP contribution in [-0.2, 0) is 11.3 Å². The highest BCUT2D eigenvalue weighted by molar-refractivity contribution is 7.09. The number of carboxylic acid groups (broad SMARTS) is 1. The zero-order valence-corrected chi connectivity index (χ0v) is 10.9. The maximum Gasteiger partial charge on any atom is 0.310 e. The molecule has 0 saturated carbocycles. The van der Waals surface area contributed by atoms with Gasteiger partial charge < -0.3 is 5.11 Å². The number of carboxylic acids is 1. The Hall–Kier alpha value is -0.940. The summed E-state index contributed by atoms with van der Waals surface area (Å²) >= 11 is 1.63. The van der Waals surface area contributed by atoms with Gasteiger partial charge in [-0.25, -0.2) is 4.98 Å². The van der Waals surface area contributed by atoms with E-state index >= 15 is 0 Å². The molecule has 1 aromatic heterocycles. The molecule has 17 heavy (non-hydrogen) atoms. The second-order valence-electron chi connectivity index (χ2n) is 4.72. The van der Waals surface area contributed by atoms with Crippen molar-refractivity contribution in [1.29, 1.82) is 0 Å². The smallest absolute Gasteiger partial charge is 0.310 e. The molecule has 5 heteroatoms. The predicted molar refractivity (Wildman–Crippen MR) is 67.0 cm³/mol. The lowest BCUT2D eigenvalue weighted by Gasteiger charge is -2.23. The number of likely N-dealkylation sites (tertiary alicyclic amines) is 1. The average Bonchev–Trinajstić information content (AvgIpc) is 2.90. The van der Waals surface area contributed by atoms with Gasteiger partial charge in [0, 0.05) is 18.1 Å². The van der Waals surface area contributed by atoms with Gasteiger partial charge >= 0.3 is 5.97 Å². The standard InChI is InChI=1S/C12H18N2O2S/c1-2-3-12(11(15)16)4-6-14(9-12)8-10-13-5-7-17-10/h5,7H,2-4,6,8-9H2,1H3,(H,15,16). The van der Waals surface area contributed by atoms with Crippen LogP contribution < -0.4 is 0 Å². The monoisotopic (exact) mass is 254 g/mol. The predicted octanol–water partition coefficient (Wildman–Crippen LogP) is 2.22. The van der Waals surface area contributed by atoms with Crippen LogP contribution in [0.15, 0.2) is 11.6 Å². The molecule has 0 radical (unpaired) electrons. The Morgan fingerprint density at radius 3 is 3.12 bits per heavy atom. The van der Waals surface area contributed by atoms with Crippen LogP contribution >= 0.6 is 11.3 Å².